The highest BCUT2D eigenvalue weighted by Crippen LogP contribution is 2.30. The van der Waals surface area contributed by atoms with Gasteiger partial charge < -0.3 is 19.9 Å². The summed E-state index contributed by atoms with van der Waals surface area (Å²) >= 11 is 0. The molecule has 164 valence electrons. The number of fused-ring (bicyclic) bond motifs is 1. The number of carbonyl (C=O) groups excluding carboxylic acids is 2. The summed E-state index contributed by atoms with van der Waals surface area (Å²) in [7, 11) is 1.86. The van der Waals surface area contributed by atoms with Gasteiger partial charge in [-0.1, -0.05) is 18.2 Å². The van der Waals surface area contributed by atoms with Crippen molar-refractivity contribution in [2.45, 2.75) is 38.6 Å². The number of carbonyl (C=O) groups is 2. The number of para-hydroxylation sites is 1. The summed E-state index contributed by atoms with van der Waals surface area (Å²) in [6.45, 7) is 4.11. The number of hydrogen-bond donors (Lipinski definition) is 1. The van der Waals surface area contributed by atoms with Crippen LogP contribution in [0, 0.1) is 0 Å². The van der Waals surface area contributed by atoms with Gasteiger partial charge >= 0.3 is 0 Å². The van der Waals surface area contributed by atoms with E-state index in [1.807, 2.05) is 42.3 Å². The molecular weight excluding hydrogens is 394 g/mol. The lowest BCUT2D eigenvalue weighted by Gasteiger charge is -2.33. The lowest BCUT2D eigenvalue weighted by atomic mass is 9.96. The standard InChI is InChI=1S/C23H29N5O3/c1-16(29)27-11-6-7-17(13-27)22-25-20-14-28(12-10-19(20)23(24-2)26-22)21(30)15-31-18-8-4-3-5-9-18/h3-5,8-9,17H,6-7,10-15H2,1-2H3,(H,24,25,26)/t17-/m1/s1. The minimum Gasteiger partial charge on any atom is -0.484 e. The molecule has 1 atom stereocenters. The average Bonchev–Trinajstić information content (AvgIpc) is 2.82. The number of ether oxygens (including phenoxy) is 1. The fourth-order valence-corrected chi connectivity index (χ4v) is 4.28. The first kappa shape index (κ1) is 21.1. The number of hydrogen-bond acceptors (Lipinski definition) is 6. The lowest BCUT2D eigenvalue weighted by molar-refractivity contribution is -0.134. The average molecular weight is 424 g/mol. The molecule has 1 aromatic heterocycles. The summed E-state index contributed by atoms with van der Waals surface area (Å²) < 4.78 is 5.63. The van der Waals surface area contributed by atoms with Crippen LogP contribution in [0.15, 0.2) is 30.3 Å². The van der Waals surface area contributed by atoms with Crippen LogP contribution in [0.3, 0.4) is 0 Å². The minimum atomic E-state index is -0.0545. The van der Waals surface area contributed by atoms with Crippen molar-refractivity contribution in [3.8, 4) is 5.75 Å². The van der Waals surface area contributed by atoms with E-state index in [1.165, 1.54) is 0 Å². The minimum absolute atomic E-state index is 0.00632. The number of piperidine rings is 1. The number of benzene rings is 1. The molecule has 1 fully saturated rings. The Balaban J connectivity index is 1.49. The number of anilines is 1. The van der Waals surface area contributed by atoms with Gasteiger partial charge in [0.2, 0.25) is 5.91 Å². The summed E-state index contributed by atoms with van der Waals surface area (Å²) in [5.41, 5.74) is 1.95. The van der Waals surface area contributed by atoms with Crippen molar-refractivity contribution < 1.29 is 14.3 Å². The van der Waals surface area contributed by atoms with Gasteiger partial charge in [0.1, 0.15) is 17.4 Å². The SMILES string of the molecule is CNc1nc([C@@H]2CCCN(C(C)=O)C2)nc2c1CCN(C(=O)COc1ccccc1)C2. The van der Waals surface area contributed by atoms with Crippen LogP contribution in [0.5, 0.6) is 5.75 Å². The zero-order valence-corrected chi connectivity index (χ0v) is 18.1. The van der Waals surface area contributed by atoms with Gasteiger partial charge in [-0.15, -0.1) is 0 Å². The van der Waals surface area contributed by atoms with Gasteiger partial charge in [0.15, 0.2) is 6.61 Å². The van der Waals surface area contributed by atoms with E-state index in [2.05, 4.69) is 5.32 Å². The molecule has 0 saturated carbocycles. The maximum Gasteiger partial charge on any atom is 0.260 e. The molecule has 8 nitrogen and oxygen atoms in total. The first-order valence-corrected chi connectivity index (χ1v) is 10.8. The van der Waals surface area contributed by atoms with Crippen LogP contribution in [0.1, 0.15) is 42.8 Å². The Morgan fingerprint density at radius 2 is 1.97 bits per heavy atom. The number of nitrogens with zero attached hydrogens (tertiary/aromatic N) is 4. The van der Waals surface area contributed by atoms with Gasteiger partial charge in [-0.2, -0.15) is 0 Å². The fourth-order valence-electron chi connectivity index (χ4n) is 4.28. The van der Waals surface area contributed by atoms with Gasteiger partial charge in [0.05, 0.1) is 12.2 Å². The van der Waals surface area contributed by atoms with Crippen molar-refractivity contribution in [3.63, 3.8) is 0 Å². The van der Waals surface area contributed by atoms with Gasteiger partial charge in [0, 0.05) is 45.1 Å². The third-order valence-electron chi connectivity index (χ3n) is 6.01. The van der Waals surface area contributed by atoms with Crippen molar-refractivity contribution in [1.29, 1.82) is 0 Å². The Morgan fingerprint density at radius 3 is 2.71 bits per heavy atom. The molecule has 0 unspecified atom stereocenters. The maximum atomic E-state index is 12.7. The van der Waals surface area contributed by atoms with Gasteiger partial charge in [-0.25, -0.2) is 9.97 Å². The summed E-state index contributed by atoms with van der Waals surface area (Å²) in [6, 6.07) is 9.35. The Labute approximate surface area is 182 Å². The van der Waals surface area contributed by atoms with E-state index >= 15 is 0 Å². The number of rotatable bonds is 5. The molecule has 1 aromatic carbocycles. The molecule has 2 aromatic rings. The molecule has 0 spiro atoms. The molecule has 0 radical (unpaired) electrons. The van der Waals surface area contributed by atoms with E-state index in [-0.39, 0.29) is 24.3 Å². The molecule has 0 aliphatic carbocycles. The highest BCUT2D eigenvalue weighted by molar-refractivity contribution is 5.78. The molecule has 1 saturated heterocycles. The molecule has 8 heteroatoms. The maximum absolute atomic E-state index is 12.7. The topological polar surface area (TPSA) is 87.7 Å². The molecule has 4 rings (SSSR count). The molecule has 31 heavy (non-hydrogen) atoms. The largest absolute Gasteiger partial charge is 0.484 e. The number of aromatic nitrogens is 2. The second kappa shape index (κ2) is 9.32. The first-order chi connectivity index (χ1) is 15.0. The van der Waals surface area contributed by atoms with Crippen LogP contribution >= 0.6 is 0 Å². The highest BCUT2D eigenvalue weighted by atomic mass is 16.5. The molecular formula is C23H29N5O3. The van der Waals surface area contributed by atoms with E-state index in [4.69, 9.17) is 14.7 Å². The first-order valence-electron chi connectivity index (χ1n) is 10.8. The van der Waals surface area contributed by atoms with Crippen LogP contribution < -0.4 is 10.1 Å². The Morgan fingerprint density at radius 1 is 1.16 bits per heavy atom. The Kier molecular flexibility index (Phi) is 6.34. The quantitative estimate of drug-likeness (QED) is 0.793. The smallest absolute Gasteiger partial charge is 0.260 e. The Hall–Kier alpha value is -3.16. The van der Waals surface area contributed by atoms with Crippen molar-refractivity contribution in [2.24, 2.45) is 0 Å². The molecule has 0 bridgehead atoms. The third-order valence-corrected chi connectivity index (χ3v) is 6.01. The molecule has 2 aliphatic heterocycles. The monoisotopic (exact) mass is 423 g/mol. The zero-order chi connectivity index (χ0) is 21.8. The van der Waals surface area contributed by atoms with Gasteiger partial charge in [-0.05, 0) is 31.4 Å². The van der Waals surface area contributed by atoms with E-state index in [1.54, 1.807) is 11.8 Å². The van der Waals surface area contributed by atoms with Crippen LogP contribution in [0.25, 0.3) is 0 Å². The molecule has 3 heterocycles. The zero-order valence-electron chi connectivity index (χ0n) is 18.1. The molecule has 1 N–H and O–H groups in total. The summed E-state index contributed by atoms with van der Waals surface area (Å²) in [6.07, 6.45) is 2.60. The second-order valence-corrected chi connectivity index (χ2v) is 8.08. The van der Waals surface area contributed by atoms with Crippen molar-refractivity contribution >= 4 is 17.6 Å². The predicted molar refractivity (Wildman–Crippen MR) is 117 cm³/mol. The summed E-state index contributed by atoms with van der Waals surface area (Å²) in [5.74, 6) is 2.41. The Bertz CT molecular complexity index is 950. The molecule has 2 aliphatic rings. The van der Waals surface area contributed by atoms with Crippen molar-refractivity contribution in [3.05, 3.63) is 47.4 Å². The van der Waals surface area contributed by atoms with E-state index in [9.17, 15) is 9.59 Å². The van der Waals surface area contributed by atoms with E-state index in [0.717, 1.165) is 42.3 Å². The summed E-state index contributed by atoms with van der Waals surface area (Å²) in [5, 5.41) is 3.20. The number of nitrogens with one attached hydrogen (secondary N) is 1. The van der Waals surface area contributed by atoms with E-state index < -0.39 is 0 Å². The van der Waals surface area contributed by atoms with Crippen molar-refractivity contribution in [2.75, 3.05) is 38.6 Å². The van der Waals surface area contributed by atoms with Crippen LogP contribution in [0.4, 0.5) is 5.82 Å². The molecule has 2 amide bonds. The van der Waals surface area contributed by atoms with Crippen molar-refractivity contribution in [1.82, 2.24) is 19.8 Å². The third kappa shape index (κ3) is 4.78. The fraction of sp³-hybridized carbons (Fsp3) is 0.478. The van der Waals surface area contributed by atoms with Crippen LogP contribution in [-0.4, -0.2) is 64.9 Å². The number of amides is 2. The van der Waals surface area contributed by atoms with Crippen LogP contribution in [-0.2, 0) is 22.6 Å². The second-order valence-electron chi connectivity index (χ2n) is 8.08. The lowest BCUT2D eigenvalue weighted by Crippen LogP contribution is -2.40. The normalized spacial score (nSPS) is 18.3. The summed E-state index contributed by atoms with van der Waals surface area (Å²) in [4.78, 5) is 37.9. The van der Waals surface area contributed by atoms with Gasteiger partial charge in [-0.3, -0.25) is 9.59 Å². The predicted octanol–water partition coefficient (Wildman–Crippen LogP) is 2.21. The number of likely N-dealkylation sites (tertiary alicyclic amines) is 1. The van der Waals surface area contributed by atoms with Crippen LogP contribution in [0.2, 0.25) is 0 Å². The van der Waals surface area contributed by atoms with Gasteiger partial charge in [0.25, 0.3) is 5.91 Å². The van der Waals surface area contributed by atoms with E-state index in [0.29, 0.717) is 31.8 Å². The highest BCUT2D eigenvalue weighted by Gasteiger charge is 2.29.